The molecule has 0 unspecified atom stereocenters. The summed E-state index contributed by atoms with van der Waals surface area (Å²) >= 11 is 0. The highest BCUT2D eigenvalue weighted by Crippen LogP contribution is 2.53. The Labute approximate surface area is 137 Å². The van der Waals surface area contributed by atoms with Crippen molar-refractivity contribution in [2.45, 2.75) is 71.6 Å². The molecule has 0 N–H and O–H groups in total. The molecular formula is C19H24N2O2. The lowest BCUT2D eigenvalue weighted by Crippen LogP contribution is -2.14. The van der Waals surface area contributed by atoms with Crippen molar-refractivity contribution in [3.8, 4) is 0 Å². The lowest BCUT2D eigenvalue weighted by atomic mass is 9.79. The summed E-state index contributed by atoms with van der Waals surface area (Å²) in [7, 11) is 0. The van der Waals surface area contributed by atoms with E-state index in [1.165, 1.54) is 5.56 Å². The monoisotopic (exact) mass is 312 g/mol. The van der Waals surface area contributed by atoms with Crippen molar-refractivity contribution < 1.29 is 9.59 Å². The molecule has 122 valence electrons. The molecule has 0 fully saturated rings. The van der Waals surface area contributed by atoms with Gasteiger partial charge in [0.15, 0.2) is 0 Å². The maximum Gasteiger partial charge on any atom is 0.240 e. The number of fused-ring (bicyclic) bond motifs is 1. The highest BCUT2D eigenvalue weighted by Gasteiger charge is 2.38. The van der Waals surface area contributed by atoms with Crippen LogP contribution in [0.2, 0.25) is 0 Å². The standard InChI is InChI=1S/C19H24N2O2/c1-11(2)14-13-7-8-19(5,6)16(13)18(21-10-23)15(12(3)4)17(14)20-9-22/h11-12H,7-8H2,1-6H3. The third-order valence-electron chi connectivity index (χ3n) is 4.78. The minimum Gasteiger partial charge on any atom is -0.211 e. The summed E-state index contributed by atoms with van der Waals surface area (Å²) in [6.07, 6.45) is 5.30. The van der Waals surface area contributed by atoms with Crippen molar-refractivity contribution in [1.82, 2.24) is 0 Å². The predicted octanol–water partition coefficient (Wildman–Crippen LogP) is 5.09. The molecule has 2 rings (SSSR count). The smallest absolute Gasteiger partial charge is 0.211 e. The van der Waals surface area contributed by atoms with E-state index < -0.39 is 0 Å². The van der Waals surface area contributed by atoms with Crippen molar-refractivity contribution in [1.29, 1.82) is 0 Å². The molecule has 23 heavy (non-hydrogen) atoms. The van der Waals surface area contributed by atoms with Crippen LogP contribution in [0.5, 0.6) is 0 Å². The minimum atomic E-state index is -0.0538. The summed E-state index contributed by atoms with van der Waals surface area (Å²) in [5.74, 6) is 0.324. The fourth-order valence-electron chi connectivity index (χ4n) is 3.86. The molecule has 1 aliphatic carbocycles. The molecule has 0 atom stereocenters. The molecule has 1 aromatic rings. The van der Waals surface area contributed by atoms with Gasteiger partial charge in [-0.3, -0.25) is 0 Å². The third-order valence-corrected chi connectivity index (χ3v) is 4.78. The molecule has 0 saturated heterocycles. The van der Waals surface area contributed by atoms with Crippen molar-refractivity contribution in [3.63, 3.8) is 0 Å². The number of rotatable bonds is 4. The van der Waals surface area contributed by atoms with Gasteiger partial charge in [0.05, 0.1) is 11.4 Å². The number of hydrogen-bond donors (Lipinski definition) is 0. The minimum absolute atomic E-state index is 0.0538. The van der Waals surface area contributed by atoms with Gasteiger partial charge in [-0.25, -0.2) is 9.59 Å². The molecule has 0 heterocycles. The third kappa shape index (κ3) is 2.81. The van der Waals surface area contributed by atoms with Crippen molar-refractivity contribution in [3.05, 3.63) is 22.3 Å². The second kappa shape index (κ2) is 6.23. The van der Waals surface area contributed by atoms with Crippen LogP contribution in [0.1, 0.15) is 82.1 Å². The average Bonchev–Trinajstić information content (AvgIpc) is 2.74. The number of benzene rings is 1. The van der Waals surface area contributed by atoms with E-state index >= 15 is 0 Å². The van der Waals surface area contributed by atoms with Gasteiger partial charge in [-0.05, 0) is 46.8 Å². The average molecular weight is 312 g/mol. The summed E-state index contributed by atoms with van der Waals surface area (Å²) in [6.45, 7) is 12.6. The van der Waals surface area contributed by atoms with Gasteiger partial charge in [-0.2, -0.15) is 9.98 Å². The number of hydrogen-bond acceptors (Lipinski definition) is 4. The number of aliphatic imine (C=N–C) groups is 2. The van der Waals surface area contributed by atoms with Crippen LogP contribution in [0.3, 0.4) is 0 Å². The molecule has 4 heteroatoms. The van der Waals surface area contributed by atoms with E-state index in [0.29, 0.717) is 11.4 Å². The van der Waals surface area contributed by atoms with E-state index in [1.54, 1.807) is 12.2 Å². The van der Waals surface area contributed by atoms with Crippen LogP contribution in [0.4, 0.5) is 11.4 Å². The lowest BCUT2D eigenvalue weighted by molar-refractivity contribution is 0.522. The number of nitrogens with zero attached hydrogens (tertiary/aromatic N) is 2. The summed E-state index contributed by atoms with van der Waals surface area (Å²) in [4.78, 5) is 30.1. The van der Waals surface area contributed by atoms with Gasteiger partial charge in [0.2, 0.25) is 12.2 Å². The Balaban J connectivity index is 3.09. The van der Waals surface area contributed by atoms with Gasteiger partial charge in [-0.1, -0.05) is 41.5 Å². The van der Waals surface area contributed by atoms with Gasteiger partial charge >= 0.3 is 0 Å². The highest BCUT2D eigenvalue weighted by molar-refractivity contribution is 5.78. The molecule has 0 spiro atoms. The molecule has 0 bridgehead atoms. The van der Waals surface area contributed by atoms with E-state index in [2.05, 4.69) is 37.7 Å². The Morgan fingerprint density at radius 3 is 1.91 bits per heavy atom. The Kier molecular flexibility index (Phi) is 4.70. The first-order valence-electron chi connectivity index (χ1n) is 8.15. The predicted molar refractivity (Wildman–Crippen MR) is 91.5 cm³/mol. The molecular weight excluding hydrogens is 288 g/mol. The van der Waals surface area contributed by atoms with E-state index in [1.807, 2.05) is 13.8 Å². The van der Waals surface area contributed by atoms with E-state index in [9.17, 15) is 9.59 Å². The first-order valence-corrected chi connectivity index (χ1v) is 8.15. The Morgan fingerprint density at radius 1 is 0.913 bits per heavy atom. The SMILES string of the molecule is CC(C)c1c2c(c(N=C=O)c(C(C)C)c1N=C=O)C(C)(C)CC2. The normalized spacial score (nSPS) is 15.3. The van der Waals surface area contributed by atoms with Crippen LogP contribution in [0, 0.1) is 0 Å². The molecule has 0 radical (unpaired) electrons. The van der Waals surface area contributed by atoms with Gasteiger partial charge in [0.25, 0.3) is 0 Å². The van der Waals surface area contributed by atoms with E-state index in [0.717, 1.165) is 29.5 Å². The zero-order chi connectivity index (χ0) is 17.4. The Bertz CT molecular complexity index is 732. The quantitative estimate of drug-likeness (QED) is 0.574. The largest absolute Gasteiger partial charge is 0.240 e. The molecule has 1 aliphatic rings. The molecule has 0 amide bonds. The Morgan fingerprint density at radius 2 is 1.43 bits per heavy atom. The first kappa shape index (κ1) is 17.3. The highest BCUT2D eigenvalue weighted by atomic mass is 16.1. The number of carbonyl (C=O) groups excluding carboxylic acids is 2. The second-order valence-corrected chi connectivity index (χ2v) is 7.48. The molecule has 4 nitrogen and oxygen atoms in total. The summed E-state index contributed by atoms with van der Waals surface area (Å²) in [5, 5.41) is 0. The lowest BCUT2D eigenvalue weighted by Gasteiger charge is -2.27. The molecule has 0 saturated carbocycles. The van der Waals surface area contributed by atoms with Gasteiger partial charge in [0.1, 0.15) is 0 Å². The zero-order valence-electron chi connectivity index (χ0n) is 14.8. The maximum atomic E-state index is 11.0. The van der Waals surface area contributed by atoms with Crippen LogP contribution in [-0.4, -0.2) is 12.2 Å². The maximum absolute atomic E-state index is 11.0. The fourth-order valence-corrected chi connectivity index (χ4v) is 3.86. The topological polar surface area (TPSA) is 58.9 Å². The van der Waals surface area contributed by atoms with Crippen molar-refractivity contribution >= 4 is 23.5 Å². The fraction of sp³-hybridized carbons (Fsp3) is 0.579. The van der Waals surface area contributed by atoms with Crippen LogP contribution < -0.4 is 0 Å². The number of isocyanates is 2. The summed E-state index contributed by atoms with van der Waals surface area (Å²) in [6, 6.07) is 0. The molecule has 0 aromatic heterocycles. The van der Waals surface area contributed by atoms with Crippen LogP contribution in [0.15, 0.2) is 9.98 Å². The van der Waals surface area contributed by atoms with Crippen LogP contribution >= 0.6 is 0 Å². The van der Waals surface area contributed by atoms with E-state index in [4.69, 9.17) is 0 Å². The first-order chi connectivity index (χ1) is 10.8. The summed E-state index contributed by atoms with van der Waals surface area (Å²) < 4.78 is 0. The van der Waals surface area contributed by atoms with Crippen molar-refractivity contribution in [2.75, 3.05) is 0 Å². The summed E-state index contributed by atoms with van der Waals surface area (Å²) in [5.41, 5.74) is 5.52. The van der Waals surface area contributed by atoms with Gasteiger partial charge in [-0.15, -0.1) is 0 Å². The molecule has 1 aromatic carbocycles. The second-order valence-electron chi connectivity index (χ2n) is 7.48. The Hall–Kier alpha value is -2.02. The molecule has 0 aliphatic heterocycles. The van der Waals surface area contributed by atoms with Crippen molar-refractivity contribution in [2.24, 2.45) is 9.98 Å². The van der Waals surface area contributed by atoms with E-state index in [-0.39, 0.29) is 17.3 Å². The zero-order valence-corrected chi connectivity index (χ0v) is 14.8. The van der Waals surface area contributed by atoms with Gasteiger partial charge in [0, 0.05) is 5.56 Å². The van der Waals surface area contributed by atoms with Gasteiger partial charge < -0.3 is 0 Å². The van der Waals surface area contributed by atoms with Crippen LogP contribution in [0.25, 0.3) is 0 Å². The van der Waals surface area contributed by atoms with Crippen LogP contribution in [-0.2, 0) is 21.4 Å².